The number of aliphatic hydroxyl groups excluding tert-OH is 4. The Balaban J connectivity index is 4.10. The molecule has 0 bridgehead atoms. The third kappa shape index (κ3) is 23.9. The van der Waals surface area contributed by atoms with E-state index in [0.29, 0.717) is 0 Å². The number of hydrogen-bond donors (Lipinski definition) is 4. The van der Waals surface area contributed by atoms with E-state index in [9.17, 15) is 62.9 Å². The van der Waals surface area contributed by atoms with Crippen LogP contribution in [0.3, 0.4) is 0 Å². The van der Waals surface area contributed by atoms with Gasteiger partial charge in [0.2, 0.25) is 0 Å². The number of ether oxygens (including phenoxy) is 8. The molecule has 0 spiro atoms. The van der Waals surface area contributed by atoms with Crippen LogP contribution in [0.25, 0.3) is 0 Å². The number of alkyl halides is 12. The predicted molar refractivity (Wildman–Crippen MR) is 122 cm³/mol. The number of halogens is 12. The van der Waals surface area contributed by atoms with Crippen molar-refractivity contribution in [2.45, 2.75) is 74.9 Å². The van der Waals surface area contributed by atoms with Gasteiger partial charge in [-0.3, -0.25) is 0 Å². The van der Waals surface area contributed by atoms with Gasteiger partial charge >= 0.3 is 37.0 Å². The van der Waals surface area contributed by atoms with Crippen LogP contribution in [0.15, 0.2) is 0 Å². The Hall–Kier alpha value is -1.32. The summed E-state index contributed by atoms with van der Waals surface area (Å²) in [6.07, 6.45) is -32.4. The number of hydrogen-bond acceptors (Lipinski definition) is 12. The molecule has 0 heterocycles. The molecule has 0 aliphatic heterocycles. The number of rotatable bonds is 29. The zero-order valence-corrected chi connectivity index (χ0v) is 23.6. The Morgan fingerprint density at radius 1 is 0.457 bits per heavy atom. The van der Waals surface area contributed by atoms with Gasteiger partial charge in [0.25, 0.3) is 0 Å². The van der Waals surface area contributed by atoms with Crippen LogP contribution >= 0.6 is 0 Å². The molecule has 0 aromatic rings. The lowest BCUT2D eigenvalue weighted by molar-refractivity contribution is -0.519. The molecule has 0 rings (SSSR count). The van der Waals surface area contributed by atoms with Crippen LogP contribution in [0.4, 0.5) is 52.7 Å². The summed E-state index contributed by atoms with van der Waals surface area (Å²) >= 11 is 0. The highest BCUT2D eigenvalue weighted by atomic mass is 19.3. The molecular formula is C22H34F12O12. The highest BCUT2D eigenvalue weighted by Crippen LogP contribution is 2.34. The van der Waals surface area contributed by atoms with Crippen LogP contribution in [0, 0.1) is 0 Å². The van der Waals surface area contributed by atoms with Crippen molar-refractivity contribution in [1.29, 1.82) is 0 Å². The largest absolute Gasteiger partial charge is 0.495 e. The maximum atomic E-state index is 13.5. The monoisotopic (exact) mass is 718 g/mol. The van der Waals surface area contributed by atoms with E-state index in [1.54, 1.807) is 0 Å². The van der Waals surface area contributed by atoms with Gasteiger partial charge in [0.1, 0.15) is 26.4 Å². The minimum absolute atomic E-state index is 0.0462. The van der Waals surface area contributed by atoms with Gasteiger partial charge in [0.05, 0.1) is 51.8 Å². The Morgan fingerprint density at radius 3 is 1.22 bits per heavy atom. The van der Waals surface area contributed by atoms with E-state index < -0.39 is 109 Å². The molecule has 4 N–H and O–H groups in total. The zero-order chi connectivity index (χ0) is 35.7. The number of aliphatic hydroxyl groups is 4. The average molecular weight is 718 g/mol. The van der Waals surface area contributed by atoms with Gasteiger partial charge in [-0.1, -0.05) is 12.8 Å². The molecule has 0 fully saturated rings. The maximum absolute atomic E-state index is 13.5. The molecule has 0 aliphatic carbocycles. The van der Waals surface area contributed by atoms with Crippen LogP contribution < -0.4 is 0 Å². The molecular weight excluding hydrogens is 684 g/mol. The predicted octanol–water partition coefficient (Wildman–Crippen LogP) is 2.86. The first-order valence-corrected chi connectivity index (χ1v) is 12.9. The van der Waals surface area contributed by atoms with Gasteiger partial charge in [-0.25, -0.2) is 18.9 Å². The third-order valence-corrected chi connectivity index (χ3v) is 4.62. The summed E-state index contributed by atoms with van der Waals surface area (Å²) in [5.41, 5.74) is 0. The van der Waals surface area contributed by atoms with Gasteiger partial charge in [0, 0.05) is 0 Å². The smallest absolute Gasteiger partial charge is 0.394 e. The Morgan fingerprint density at radius 2 is 0.804 bits per heavy atom. The fraction of sp³-hybridized carbons (Fsp3) is 1.00. The second kappa shape index (κ2) is 20.3. The first kappa shape index (κ1) is 44.7. The lowest BCUT2D eigenvalue weighted by Crippen LogP contribution is -2.44. The molecule has 46 heavy (non-hydrogen) atoms. The molecule has 0 aliphatic rings. The maximum Gasteiger partial charge on any atom is 0.495 e. The van der Waals surface area contributed by atoms with Crippen molar-refractivity contribution in [2.24, 2.45) is 0 Å². The minimum Gasteiger partial charge on any atom is -0.394 e. The summed E-state index contributed by atoms with van der Waals surface area (Å²) in [5, 5.41) is 36.0. The number of unbranched alkanes of at least 4 members (excludes halogenated alkanes) is 1. The molecule has 0 aromatic heterocycles. The van der Waals surface area contributed by atoms with Gasteiger partial charge in [0.15, 0.2) is 0 Å². The molecule has 0 radical (unpaired) electrons. The zero-order valence-electron chi connectivity index (χ0n) is 23.6. The molecule has 278 valence electrons. The Labute approximate surface area is 252 Å². The van der Waals surface area contributed by atoms with Crippen LogP contribution in [-0.2, 0) is 37.9 Å². The van der Waals surface area contributed by atoms with Gasteiger partial charge in [-0.05, 0) is 12.8 Å². The van der Waals surface area contributed by atoms with Gasteiger partial charge < -0.3 is 39.4 Å². The highest BCUT2D eigenvalue weighted by Gasteiger charge is 2.53. The van der Waals surface area contributed by atoms with E-state index in [0.717, 1.165) is 0 Å². The molecule has 2 atom stereocenters. The van der Waals surface area contributed by atoms with Crippen LogP contribution in [0.5, 0.6) is 0 Å². The van der Waals surface area contributed by atoms with Gasteiger partial charge in [-0.15, -0.1) is 17.6 Å². The molecule has 0 aromatic carbocycles. The average Bonchev–Trinajstić information content (AvgIpc) is 2.85. The van der Waals surface area contributed by atoms with Crippen LogP contribution in [0.1, 0.15) is 25.7 Å². The fourth-order valence-electron chi connectivity index (χ4n) is 2.88. The van der Waals surface area contributed by atoms with Crippen molar-refractivity contribution < 1.29 is 111 Å². The summed E-state index contributed by atoms with van der Waals surface area (Å²) in [6.45, 7) is -11.4. The van der Waals surface area contributed by atoms with E-state index in [1.807, 2.05) is 0 Å². The van der Waals surface area contributed by atoms with Crippen molar-refractivity contribution in [3.05, 3.63) is 0 Å². The second-order valence-corrected chi connectivity index (χ2v) is 9.05. The molecule has 0 saturated carbocycles. The van der Waals surface area contributed by atoms with Crippen molar-refractivity contribution in [2.75, 3.05) is 66.1 Å². The lowest BCUT2D eigenvalue weighted by atomic mass is 10.1. The molecule has 24 heteroatoms. The van der Waals surface area contributed by atoms with Crippen molar-refractivity contribution in [1.82, 2.24) is 0 Å². The van der Waals surface area contributed by atoms with Crippen LogP contribution in [0.2, 0.25) is 0 Å². The van der Waals surface area contributed by atoms with E-state index in [-0.39, 0.29) is 32.3 Å². The van der Waals surface area contributed by atoms with Gasteiger partial charge in [-0.2, -0.15) is 35.1 Å². The SMILES string of the molecule is OCCOCC(F)(F)OC(F)(F)OC(F)(F)COCC(O)CCCCC(O)COCCOCC(F)(F)OC(F)(F)OC(F)(F)CO. The minimum atomic E-state index is -5.49. The summed E-state index contributed by atoms with van der Waals surface area (Å²) in [7, 11) is 0. The quantitative estimate of drug-likeness (QED) is 0.0511. The Kier molecular flexibility index (Phi) is 19.7. The topological polar surface area (TPSA) is 155 Å². The standard InChI is InChI=1S/C22H34F12O12/c23-17(24,11-36)43-21(31,32)44-19(27,28)13-41-8-7-39-9-15(37)3-1-2-4-16(38)10-42-14-20(29,30)46-22(33,34)45-18(25,26)12-40-6-5-35/h15-16,35-38H,1-14H2. The van der Waals surface area contributed by atoms with E-state index in [1.165, 1.54) is 0 Å². The molecule has 0 saturated heterocycles. The van der Waals surface area contributed by atoms with Crippen LogP contribution in [-0.4, -0.2) is 136 Å². The molecule has 2 unspecified atom stereocenters. The third-order valence-electron chi connectivity index (χ3n) is 4.62. The second-order valence-electron chi connectivity index (χ2n) is 9.05. The summed E-state index contributed by atoms with van der Waals surface area (Å²) in [4.78, 5) is 0. The lowest BCUT2D eigenvalue weighted by Gasteiger charge is -2.26. The normalized spacial score (nSPS) is 15.4. The van der Waals surface area contributed by atoms with Crippen molar-refractivity contribution in [3.8, 4) is 0 Å². The van der Waals surface area contributed by atoms with Crippen molar-refractivity contribution >= 4 is 0 Å². The summed E-state index contributed by atoms with van der Waals surface area (Å²) in [5.74, 6) is 0. The van der Waals surface area contributed by atoms with E-state index >= 15 is 0 Å². The first-order valence-electron chi connectivity index (χ1n) is 12.9. The van der Waals surface area contributed by atoms with Crippen molar-refractivity contribution in [3.63, 3.8) is 0 Å². The molecule has 12 nitrogen and oxygen atoms in total. The van der Waals surface area contributed by atoms with E-state index in [4.69, 9.17) is 14.9 Å². The first-order chi connectivity index (χ1) is 20.9. The summed E-state index contributed by atoms with van der Waals surface area (Å²) < 4.78 is 187. The molecule has 0 amide bonds. The highest BCUT2D eigenvalue weighted by molar-refractivity contribution is 4.61. The fourth-order valence-corrected chi connectivity index (χ4v) is 2.88. The summed E-state index contributed by atoms with van der Waals surface area (Å²) in [6, 6.07) is 0. The van der Waals surface area contributed by atoms with E-state index in [2.05, 4.69) is 33.2 Å². The Bertz CT molecular complexity index is 814.